The molecule has 1 saturated carbocycles. The van der Waals surface area contributed by atoms with E-state index in [1.165, 1.54) is 5.56 Å². The SMILES string of the molecule is CCC1C(=O)C(C)C1c1cccc(Cl)c1. The number of hydrogen-bond donors (Lipinski definition) is 0. The number of hydrogen-bond acceptors (Lipinski definition) is 1. The van der Waals surface area contributed by atoms with E-state index in [4.69, 9.17) is 11.6 Å². The number of ketones is 1. The van der Waals surface area contributed by atoms with E-state index >= 15 is 0 Å². The van der Waals surface area contributed by atoms with Crippen molar-refractivity contribution in [2.75, 3.05) is 0 Å². The highest BCUT2D eigenvalue weighted by Gasteiger charge is 2.46. The van der Waals surface area contributed by atoms with E-state index in [1.54, 1.807) is 0 Å². The molecule has 0 spiro atoms. The average Bonchev–Trinajstić information content (AvgIpc) is 2.24. The number of halogens is 1. The molecule has 1 aliphatic carbocycles. The molecule has 1 aromatic carbocycles. The van der Waals surface area contributed by atoms with E-state index < -0.39 is 0 Å². The van der Waals surface area contributed by atoms with Gasteiger partial charge in [-0.1, -0.05) is 37.6 Å². The Morgan fingerprint density at radius 2 is 2.13 bits per heavy atom. The first-order chi connectivity index (χ1) is 7.15. The Bertz CT molecular complexity index is 386. The molecule has 3 atom stereocenters. The molecule has 1 fully saturated rings. The van der Waals surface area contributed by atoms with Crippen molar-refractivity contribution in [2.24, 2.45) is 11.8 Å². The van der Waals surface area contributed by atoms with E-state index in [9.17, 15) is 4.79 Å². The van der Waals surface area contributed by atoms with Gasteiger partial charge in [0.15, 0.2) is 0 Å². The summed E-state index contributed by atoms with van der Waals surface area (Å²) in [6, 6.07) is 7.89. The number of Topliss-reactive ketones (excluding diaryl/α,β-unsaturated/α-hetero) is 1. The number of benzene rings is 1. The van der Waals surface area contributed by atoms with Crippen LogP contribution < -0.4 is 0 Å². The first-order valence-electron chi connectivity index (χ1n) is 5.44. The molecule has 2 heteroatoms. The van der Waals surface area contributed by atoms with Gasteiger partial charge in [-0.15, -0.1) is 0 Å². The topological polar surface area (TPSA) is 17.1 Å². The maximum absolute atomic E-state index is 11.6. The van der Waals surface area contributed by atoms with Crippen LogP contribution >= 0.6 is 11.6 Å². The lowest BCUT2D eigenvalue weighted by atomic mass is 9.61. The minimum atomic E-state index is 0.161. The van der Waals surface area contributed by atoms with Crippen molar-refractivity contribution >= 4 is 17.4 Å². The van der Waals surface area contributed by atoms with Crippen molar-refractivity contribution in [1.29, 1.82) is 0 Å². The summed E-state index contributed by atoms with van der Waals surface area (Å²) in [5.41, 5.74) is 1.21. The maximum atomic E-state index is 11.6. The van der Waals surface area contributed by atoms with Gasteiger partial charge in [0.1, 0.15) is 5.78 Å². The van der Waals surface area contributed by atoms with E-state index in [1.807, 2.05) is 25.1 Å². The van der Waals surface area contributed by atoms with Crippen LogP contribution in [0.4, 0.5) is 0 Å². The molecule has 0 amide bonds. The van der Waals surface area contributed by atoms with Crippen LogP contribution in [-0.2, 0) is 4.79 Å². The van der Waals surface area contributed by atoms with Gasteiger partial charge in [0.25, 0.3) is 0 Å². The first kappa shape index (κ1) is 10.7. The summed E-state index contributed by atoms with van der Waals surface area (Å²) in [7, 11) is 0. The van der Waals surface area contributed by atoms with Crippen LogP contribution in [0.3, 0.4) is 0 Å². The third-order valence-electron chi connectivity index (χ3n) is 3.46. The second-order valence-electron chi connectivity index (χ2n) is 4.29. The fourth-order valence-corrected chi connectivity index (χ4v) is 2.81. The number of carbonyl (C=O) groups is 1. The van der Waals surface area contributed by atoms with E-state index in [-0.39, 0.29) is 11.8 Å². The second-order valence-corrected chi connectivity index (χ2v) is 4.72. The molecule has 1 aromatic rings. The summed E-state index contributed by atoms with van der Waals surface area (Å²) in [6.45, 7) is 4.09. The van der Waals surface area contributed by atoms with Gasteiger partial charge < -0.3 is 0 Å². The van der Waals surface area contributed by atoms with Crippen molar-refractivity contribution in [3.8, 4) is 0 Å². The Morgan fingerprint density at radius 1 is 1.40 bits per heavy atom. The van der Waals surface area contributed by atoms with Crippen LogP contribution in [0, 0.1) is 11.8 Å². The Hall–Kier alpha value is -0.820. The lowest BCUT2D eigenvalue weighted by molar-refractivity contribution is -0.137. The Kier molecular flexibility index (Phi) is 2.83. The molecule has 2 rings (SSSR count). The Morgan fingerprint density at radius 3 is 2.73 bits per heavy atom. The smallest absolute Gasteiger partial charge is 0.140 e. The van der Waals surface area contributed by atoms with Crippen LogP contribution in [0.1, 0.15) is 31.7 Å². The molecule has 1 nitrogen and oxygen atoms in total. The van der Waals surface area contributed by atoms with Crippen LogP contribution in [0.2, 0.25) is 5.02 Å². The predicted molar refractivity (Wildman–Crippen MR) is 62.1 cm³/mol. The molecule has 0 saturated heterocycles. The fraction of sp³-hybridized carbons (Fsp3) is 0.462. The van der Waals surface area contributed by atoms with E-state index in [0.717, 1.165) is 11.4 Å². The van der Waals surface area contributed by atoms with Crippen molar-refractivity contribution in [3.05, 3.63) is 34.9 Å². The molecule has 0 bridgehead atoms. The largest absolute Gasteiger partial charge is 0.299 e. The molecule has 0 aliphatic heterocycles. The number of carbonyl (C=O) groups excluding carboxylic acids is 1. The quantitative estimate of drug-likeness (QED) is 0.746. The summed E-state index contributed by atoms with van der Waals surface area (Å²) in [6.07, 6.45) is 0.931. The first-order valence-corrected chi connectivity index (χ1v) is 5.82. The maximum Gasteiger partial charge on any atom is 0.140 e. The van der Waals surface area contributed by atoms with Crippen LogP contribution in [0.25, 0.3) is 0 Å². The molecule has 0 radical (unpaired) electrons. The van der Waals surface area contributed by atoms with Gasteiger partial charge in [-0.3, -0.25) is 4.79 Å². The summed E-state index contributed by atoms with van der Waals surface area (Å²) in [5.74, 6) is 1.15. The standard InChI is InChI=1S/C13H15ClO/c1-3-11-12(8(2)13(11)15)9-5-4-6-10(14)7-9/h4-8,11-12H,3H2,1-2H3. The summed E-state index contributed by atoms with van der Waals surface area (Å²) < 4.78 is 0. The normalized spacial score (nSPS) is 30.1. The van der Waals surface area contributed by atoms with Gasteiger partial charge in [0.05, 0.1) is 0 Å². The third-order valence-corrected chi connectivity index (χ3v) is 3.69. The van der Waals surface area contributed by atoms with Crippen LogP contribution in [0.5, 0.6) is 0 Å². The molecule has 1 aliphatic rings. The monoisotopic (exact) mass is 222 g/mol. The molecule has 80 valence electrons. The van der Waals surface area contributed by atoms with E-state index in [2.05, 4.69) is 13.0 Å². The Balaban J connectivity index is 2.28. The van der Waals surface area contributed by atoms with Gasteiger partial charge in [0, 0.05) is 22.8 Å². The second kappa shape index (κ2) is 3.97. The zero-order valence-corrected chi connectivity index (χ0v) is 9.79. The predicted octanol–water partition coefficient (Wildman–Crippen LogP) is 3.67. The van der Waals surface area contributed by atoms with Gasteiger partial charge in [-0.2, -0.15) is 0 Å². The lowest BCUT2D eigenvalue weighted by Gasteiger charge is -2.41. The highest BCUT2D eigenvalue weighted by atomic mass is 35.5. The zero-order valence-electron chi connectivity index (χ0n) is 9.03. The molecule has 3 unspecified atom stereocenters. The highest BCUT2D eigenvalue weighted by molar-refractivity contribution is 6.30. The zero-order chi connectivity index (χ0) is 11.0. The van der Waals surface area contributed by atoms with Crippen molar-refractivity contribution in [3.63, 3.8) is 0 Å². The molecule has 0 aromatic heterocycles. The average molecular weight is 223 g/mol. The summed E-state index contributed by atoms with van der Waals surface area (Å²) in [4.78, 5) is 11.6. The molecule has 0 heterocycles. The van der Waals surface area contributed by atoms with Crippen LogP contribution in [-0.4, -0.2) is 5.78 Å². The fourth-order valence-electron chi connectivity index (χ4n) is 2.61. The van der Waals surface area contributed by atoms with Crippen molar-refractivity contribution in [2.45, 2.75) is 26.2 Å². The third kappa shape index (κ3) is 1.69. The van der Waals surface area contributed by atoms with Crippen molar-refractivity contribution < 1.29 is 4.79 Å². The summed E-state index contributed by atoms with van der Waals surface area (Å²) in [5, 5.41) is 0.758. The highest BCUT2D eigenvalue weighted by Crippen LogP contribution is 2.46. The minimum absolute atomic E-state index is 0.161. The van der Waals surface area contributed by atoms with Gasteiger partial charge >= 0.3 is 0 Å². The van der Waals surface area contributed by atoms with E-state index in [0.29, 0.717) is 11.7 Å². The van der Waals surface area contributed by atoms with Gasteiger partial charge in [-0.05, 0) is 24.1 Å². The number of rotatable bonds is 2. The molecule has 15 heavy (non-hydrogen) atoms. The summed E-state index contributed by atoms with van der Waals surface area (Å²) >= 11 is 5.96. The van der Waals surface area contributed by atoms with Crippen molar-refractivity contribution in [1.82, 2.24) is 0 Å². The van der Waals surface area contributed by atoms with Crippen LogP contribution in [0.15, 0.2) is 24.3 Å². The molecular weight excluding hydrogens is 208 g/mol. The van der Waals surface area contributed by atoms with Gasteiger partial charge in [0.2, 0.25) is 0 Å². The van der Waals surface area contributed by atoms with Gasteiger partial charge in [-0.25, -0.2) is 0 Å². The lowest BCUT2D eigenvalue weighted by Crippen LogP contribution is -2.43. The molecular formula is C13H15ClO. The Labute approximate surface area is 95.4 Å². The minimum Gasteiger partial charge on any atom is -0.299 e. The molecule has 0 N–H and O–H groups in total.